The maximum absolute atomic E-state index is 11.0. The Labute approximate surface area is 112 Å². The van der Waals surface area contributed by atoms with Gasteiger partial charge in [0.05, 0.1) is 22.1 Å². The molecule has 0 saturated heterocycles. The molecule has 96 valence electrons. The van der Waals surface area contributed by atoms with E-state index in [2.05, 4.69) is 15.0 Å². The van der Waals surface area contributed by atoms with Crippen LogP contribution in [-0.2, 0) is 0 Å². The molecule has 0 radical (unpaired) electrons. The van der Waals surface area contributed by atoms with Crippen molar-refractivity contribution in [2.45, 2.75) is 0 Å². The molecular formula is C15H9N3O2. The molecule has 0 saturated carbocycles. The van der Waals surface area contributed by atoms with E-state index in [0.717, 1.165) is 27.5 Å². The number of nitrogens with one attached hydrogen (secondary N) is 1. The molecule has 5 nitrogen and oxygen atoms in total. The van der Waals surface area contributed by atoms with Crippen molar-refractivity contribution in [3.63, 3.8) is 0 Å². The highest BCUT2D eigenvalue weighted by atomic mass is 16.4. The van der Waals surface area contributed by atoms with Gasteiger partial charge < -0.3 is 10.1 Å². The lowest BCUT2D eigenvalue weighted by Gasteiger charge is -1.96. The van der Waals surface area contributed by atoms with Crippen LogP contribution in [0, 0.1) is 0 Å². The summed E-state index contributed by atoms with van der Waals surface area (Å²) >= 11 is 0. The highest BCUT2D eigenvalue weighted by molar-refractivity contribution is 6.07. The monoisotopic (exact) mass is 263 g/mol. The van der Waals surface area contributed by atoms with Crippen molar-refractivity contribution in [2.75, 3.05) is 0 Å². The molecule has 0 fully saturated rings. The summed E-state index contributed by atoms with van der Waals surface area (Å²) in [6, 6.07) is 12.6. The van der Waals surface area contributed by atoms with Gasteiger partial charge in [-0.1, -0.05) is 12.1 Å². The van der Waals surface area contributed by atoms with Crippen LogP contribution in [0.25, 0.3) is 33.1 Å². The number of H-pyrrole nitrogens is 1. The Morgan fingerprint density at radius 1 is 1.05 bits per heavy atom. The summed E-state index contributed by atoms with van der Waals surface area (Å²) in [5.41, 5.74) is 4.04. The molecule has 0 spiro atoms. The summed E-state index contributed by atoms with van der Waals surface area (Å²) in [7, 11) is 0. The normalized spacial score (nSPS) is 11.4. The van der Waals surface area contributed by atoms with Gasteiger partial charge in [-0.15, -0.1) is 0 Å². The zero-order chi connectivity index (χ0) is 13.7. The van der Waals surface area contributed by atoms with E-state index in [9.17, 15) is 4.79 Å². The number of rotatable bonds is 1. The zero-order valence-corrected chi connectivity index (χ0v) is 10.3. The lowest BCUT2D eigenvalue weighted by atomic mass is 10.1. The van der Waals surface area contributed by atoms with Crippen molar-refractivity contribution in [2.24, 2.45) is 0 Å². The van der Waals surface area contributed by atoms with Gasteiger partial charge in [0, 0.05) is 5.39 Å². The van der Waals surface area contributed by atoms with Gasteiger partial charge in [-0.2, -0.15) is 0 Å². The van der Waals surface area contributed by atoms with E-state index in [0.29, 0.717) is 5.65 Å². The first-order valence-corrected chi connectivity index (χ1v) is 6.14. The number of carboxylic acid groups (broad SMARTS) is 1. The van der Waals surface area contributed by atoms with Crippen LogP contribution in [-0.4, -0.2) is 26.0 Å². The minimum atomic E-state index is -0.948. The van der Waals surface area contributed by atoms with E-state index >= 15 is 0 Å². The SMILES string of the molecule is O=C(O)c1ccc2c(c1)[nH]c1nc3ccccc3nc12. The summed E-state index contributed by atoms with van der Waals surface area (Å²) in [4.78, 5) is 23.3. The van der Waals surface area contributed by atoms with Gasteiger partial charge in [-0.3, -0.25) is 0 Å². The lowest BCUT2D eigenvalue weighted by molar-refractivity contribution is 0.0697. The summed E-state index contributed by atoms with van der Waals surface area (Å²) in [6.07, 6.45) is 0. The quantitative estimate of drug-likeness (QED) is 0.553. The van der Waals surface area contributed by atoms with Gasteiger partial charge in [0.1, 0.15) is 5.52 Å². The topological polar surface area (TPSA) is 78.9 Å². The van der Waals surface area contributed by atoms with Crippen LogP contribution in [0.4, 0.5) is 0 Å². The van der Waals surface area contributed by atoms with Crippen molar-refractivity contribution >= 4 is 39.1 Å². The van der Waals surface area contributed by atoms with Crippen molar-refractivity contribution in [3.05, 3.63) is 48.0 Å². The Hall–Kier alpha value is -2.95. The highest BCUT2D eigenvalue weighted by Crippen LogP contribution is 2.25. The maximum atomic E-state index is 11.0. The molecular weight excluding hydrogens is 254 g/mol. The smallest absolute Gasteiger partial charge is 0.335 e. The van der Waals surface area contributed by atoms with Crippen LogP contribution in [0.2, 0.25) is 0 Å². The van der Waals surface area contributed by atoms with Gasteiger partial charge in [-0.25, -0.2) is 14.8 Å². The summed E-state index contributed by atoms with van der Waals surface area (Å²) in [6.45, 7) is 0. The van der Waals surface area contributed by atoms with E-state index in [1.807, 2.05) is 24.3 Å². The number of benzene rings is 2. The van der Waals surface area contributed by atoms with E-state index in [1.165, 1.54) is 0 Å². The van der Waals surface area contributed by atoms with Crippen LogP contribution in [0.15, 0.2) is 42.5 Å². The number of aromatic carboxylic acids is 1. The number of carbonyl (C=O) groups is 1. The third kappa shape index (κ3) is 1.46. The molecule has 0 aliphatic rings. The third-order valence-corrected chi connectivity index (χ3v) is 3.35. The minimum Gasteiger partial charge on any atom is -0.478 e. The summed E-state index contributed by atoms with van der Waals surface area (Å²) in [5.74, 6) is -0.948. The second-order valence-electron chi connectivity index (χ2n) is 4.60. The predicted molar refractivity (Wildman–Crippen MR) is 75.9 cm³/mol. The largest absolute Gasteiger partial charge is 0.478 e. The molecule has 0 aliphatic heterocycles. The number of aromatic amines is 1. The Balaban J connectivity index is 2.12. The summed E-state index contributed by atoms with van der Waals surface area (Å²) < 4.78 is 0. The van der Waals surface area contributed by atoms with Crippen LogP contribution < -0.4 is 0 Å². The van der Waals surface area contributed by atoms with E-state index in [-0.39, 0.29) is 5.56 Å². The molecule has 2 heterocycles. The van der Waals surface area contributed by atoms with Crippen molar-refractivity contribution in [3.8, 4) is 0 Å². The molecule has 4 rings (SSSR count). The molecule has 2 aromatic carbocycles. The van der Waals surface area contributed by atoms with E-state index in [1.54, 1.807) is 18.2 Å². The molecule has 20 heavy (non-hydrogen) atoms. The third-order valence-electron chi connectivity index (χ3n) is 3.35. The fourth-order valence-electron chi connectivity index (χ4n) is 2.39. The predicted octanol–water partition coefficient (Wildman–Crippen LogP) is 2.96. The number of fused-ring (bicyclic) bond motifs is 4. The molecule has 4 aromatic rings. The van der Waals surface area contributed by atoms with Crippen LogP contribution in [0.3, 0.4) is 0 Å². The fourth-order valence-corrected chi connectivity index (χ4v) is 2.39. The second-order valence-corrected chi connectivity index (χ2v) is 4.60. The van der Waals surface area contributed by atoms with Gasteiger partial charge >= 0.3 is 5.97 Å². The van der Waals surface area contributed by atoms with Crippen molar-refractivity contribution in [1.29, 1.82) is 0 Å². The van der Waals surface area contributed by atoms with Gasteiger partial charge in [0.2, 0.25) is 0 Å². The lowest BCUT2D eigenvalue weighted by Crippen LogP contribution is -1.94. The molecule has 0 aliphatic carbocycles. The highest BCUT2D eigenvalue weighted by Gasteiger charge is 2.11. The van der Waals surface area contributed by atoms with E-state index < -0.39 is 5.97 Å². The molecule has 2 aromatic heterocycles. The number of nitrogens with zero attached hydrogens (tertiary/aromatic N) is 2. The summed E-state index contributed by atoms with van der Waals surface area (Å²) in [5, 5.41) is 9.91. The van der Waals surface area contributed by atoms with Crippen LogP contribution in [0.5, 0.6) is 0 Å². The second kappa shape index (κ2) is 3.77. The van der Waals surface area contributed by atoms with Gasteiger partial charge in [0.15, 0.2) is 5.65 Å². The number of para-hydroxylation sites is 2. The number of hydrogen-bond acceptors (Lipinski definition) is 3. The molecule has 0 amide bonds. The Morgan fingerprint density at radius 2 is 1.80 bits per heavy atom. The maximum Gasteiger partial charge on any atom is 0.335 e. The van der Waals surface area contributed by atoms with E-state index in [4.69, 9.17) is 5.11 Å². The number of carboxylic acids is 1. The van der Waals surface area contributed by atoms with Gasteiger partial charge in [0.25, 0.3) is 0 Å². The standard InChI is InChI=1S/C15H9N3O2/c19-15(20)8-5-6-9-12(7-8)18-14-13(9)16-10-3-1-2-4-11(10)17-14/h1-7H,(H,17,18)(H,19,20). The molecule has 0 atom stereocenters. The van der Waals surface area contributed by atoms with Crippen molar-refractivity contribution < 1.29 is 9.90 Å². The number of hydrogen-bond donors (Lipinski definition) is 2. The minimum absolute atomic E-state index is 0.244. The van der Waals surface area contributed by atoms with Crippen LogP contribution in [0.1, 0.15) is 10.4 Å². The molecule has 0 bridgehead atoms. The Bertz CT molecular complexity index is 988. The number of aromatic nitrogens is 3. The first-order valence-electron chi connectivity index (χ1n) is 6.14. The fraction of sp³-hybridized carbons (Fsp3) is 0. The van der Waals surface area contributed by atoms with Gasteiger partial charge in [-0.05, 0) is 30.3 Å². The molecule has 2 N–H and O–H groups in total. The Morgan fingerprint density at radius 3 is 2.55 bits per heavy atom. The van der Waals surface area contributed by atoms with Crippen LogP contribution >= 0.6 is 0 Å². The first kappa shape index (κ1) is 10.9. The van der Waals surface area contributed by atoms with Crippen molar-refractivity contribution in [1.82, 2.24) is 15.0 Å². The average molecular weight is 263 g/mol. The zero-order valence-electron chi connectivity index (χ0n) is 10.3. The average Bonchev–Trinajstić information content (AvgIpc) is 2.81. The molecule has 0 unspecified atom stereocenters. The first-order chi connectivity index (χ1) is 9.72. The Kier molecular flexibility index (Phi) is 2.06. The molecule has 5 heteroatoms.